The molecule has 0 unspecified atom stereocenters. The Hall–Kier alpha value is -0.520. The predicted octanol–water partition coefficient (Wildman–Crippen LogP) is 4.09. The minimum atomic E-state index is 0.101. The van der Waals surface area contributed by atoms with Crippen LogP contribution in [0.15, 0.2) is 38.9 Å². The van der Waals surface area contributed by atoms with Crippen molar-refractivity contribution in [3.63, 3.8) is 0 Å². The maximum atomic E-state index is 12.0. The molecule has 2 rings (SSSR count). The van der Waals surface area contributed by atoms with Gasteiger partial charge in [-0.2, -0.15) is 0 Å². The van der Waals surface area contributed by atoms with Crippen LogP contribution in [0.3, 0.4) is 0 Å². The van der Waals surface area contributed by atoms with E-state index >= 15 is 0 Å². The fraction of sp³-hybridized carbons (Fsp3) is 0.0909. The molecule has 5 heteroatoms. The van der Waals surface area contributed by atoms with Gasteiger partial charge < -0.3 is 0 Å². The zero-order valence-electron chi connectivity index (χ0n) is 8.11. The molecule has 0 aliphatic carbocycles. The van der Waals surface area contributed by atoms with Gasteiger partial charge in [-0.3, -0.25) is 9.78 Å². The maximum Gasteiger partial charge on any atom is 0.169 e. The number of Topliss-reactive ketones (excluding diaryl/α,β-unsaturated/α-hetero) is 1. The van der Waals surface area contributed by atoms with E-state index in [2.05, 4.69) is 36.8 Å². The molecule has 0 spiro atoms. The van der Waals surface area contributed by atoms with E-state index in [-0.39, 0.29) is 5.78 Å². The van der Waals surface area contributed by atoms with Crippen LogP contribution in [-0.4, -0.2) is 10.8 Å². The van der Waals surface area contributed by atoms with Crippen molar-refractivity contribution in [2.75, 3.05) is 0 Å². The molecule has 2 aromatic rings. The molecule has 0 atom stereocenters. The highest BCUT2D eigenvalue weighted by Gasteiger charge is 2.11. The van der Waals surface area contributed by atoms with Crippen molar-refractivity contribution >= 4 is 49.0 Å². The monoisotopic (exact) mass is 359 g/mol. The third-order valence-electron chi connectivity index (χ3n) is 2.05. The van der Waals surface area contributed by atoms with E-state index in [0.717, 1.165) is 13.8 Å². The smallest absolute Gasteiger partial charge is 0.169 e. The van der Waals surface area contributed by atoms with Crippen LogP contribution in [0.4, 0.5) is 0 Å². The van der Waals surface area contributed by atoms with Crippen molar-refractivity contribution in [2.24, 2.45) is 0 Å². The summed E-state index contributed by atoms with van der Waals surface area (Å²) in [4.78, 5) is 16.9. The van der Waals surface area contributed by atoms with Gasteiger partial charge in [0.2, 0.25) is 0 Å². The van der Waals surface area contributed by atoms with Crippen molar-refractivity contribution in [3.8, 4) is 0 Å². The predicted molar refractivity (Wildman–Crippen MR) is 72.0 cm³/mol. The number of hydrogen-bond donors (Lipinski definition) is 0. The molecule has 0 aliphatic rings. The molecule has 0 saturated carbocycles. The fourth-order valence-electron chi connectivity index (χ4n) is 1.30. The SMILES string of the molecule is O=C(Cc1cncs1)c1ccc(Br)cc1Br. The zero-order valence-corrected chi connectivity index (χ0v) is 12.1. The van der Waals surface area contributed by atoms with E-state index in [1.165, 1.54) is 11.3 Å². The molecule has 1 heterocycles. The molecule has 0 N–H and O–H groups in total. The van der Waals surface area contributed by atoms with Crippen molar-refractivity contribution in [3.05, 3.63) is 49.3 Å². The number of halogens is 2. The minimum Gasteiger partial charge on any atom is -0.294 e. The quantitative estimate of drug-likeness (QED) is 0.771. The Morgan fingerprint density at radius 2 is 2.19 bits per heavy atom. The highest BCUT2D eigenvalue weighted by molar-refractivity contribution is 9.11. The third-order valence-corrected chi connectivity index (χ3v) is 3.98. The van der Waals surface area contributed by atoms with Crippen LogP contribution < -0.4 is 0 Å². The lowest BCUT2D eigenvalue weighted by atomic mass is 10.1. The van der Waals surface area contributed by atoms with Crippen molar-refractivity contribution < 1.29 is 4.79 Å². The number of carbonyl (C=O) groups is 1. The second-order valence-corrected chi connectivity index (χ2v) is 5.93. The standard InChI is InChI=1S/C11H7Br2NOS/c12-7-1-2-9(10(13)3-7)11(15)4-8-5-14-6-16-8/h1-3,5-6H,4H2. The van der Waals surface area contributed by atoms with Gasteiger partial charge in [0.25, 0.3) is 0 Å². The lowest BCUT2D eigenvalue weighted by Crippen LogP contribution is -2.03. The van der Waals surface area contributed by atoms with Gasteiger partial charge in [0.1, 0.15) is 0 Å². The lowest BCUT2D eigenvalue weighted by Gasteiger charge is -2.02. The molecule has 0 bridgehead atoms. The van der Waals surface area contributed by atoms with Gasteiger partial charge >= 0.3 is 0 Å². The van der Waals surface area contributed by atoms with Crippen LogP contribution in [0, 0.1) is 0 Å². The summed E-state index contributed by atoms with van der Waals surface area (Å²) in [5, 5.41) is 0. The highest BCUT2D eigenvalue weighted by atomic mass is 79.9. The van der Waals surface area contributed by atoms with Crippen LogP contribution >= 0.6 is 43.2 Å². The van der Waals surface area contributed by atoms with Crippen molar-refractivity contribution in [2.45, 2.75) is 6.42 Å². The van der Waals surface area contributed by atoms with Gasteiger partial charge in [-0.15, -0.1) is 11.3 Å². The number of ketones is 1. The largest absolute Gasteiger partial charge is 0.294 e. The summed E-state index contributed by atoms with van der Waals surface area (Å²) in [7, 11) is 0. The molecule has 1 aromatic carbocycles. The summed E-state index contributed by atoms with van der Waals surface area (Å²) in [5.74, 6) is 0.101. The summed E-state index contributed by atoms with van der Waals surface area (Å²) < 4.78 is 1.77. The van der Waals surface area contributed by atoms with Crippen LogP contribution in [0.5, 0.6) is 0 Å². The van der Waals surface area contributed by atoms with Gasteiger partial charge in [-0.1, -0.05) is 31.9 Å². The first-order valence-corrected chi connectivity index (χ1v) is 6.99. The Kier molecular flexibility index (Phi) is 3.89. The number of benzene rings is 1. The Morgan fingerprint density at radius 1 is 1.38 bits per heavy atom. The molecular formula is C11H7Br2NOS. The number of hydrogen-bond acceptors (Lipinski definition) is 3. The van der Waals surface area contributed by atoms with Gasteiger partial charge in [0.15, 0.2) is 5.78 Å². The minimum absolute atomic E-state index is 0.101. The average Bonchev–Trinajstić information content (AvgIpc) is 2.70. The first-order chi connectivity index (χ1) is 7.66. The Balaban J connectivity index is 2.21. The first-order valence-electron chi connectivity index (χ1n) is 4.52. The molecule has 82 valence electrons. The molecule has 0 saturated heterocycles. The van der Waals surface area contributed by atoms with E-state index < -0.39 is 0 Å². The second kappa shape index (κ2) is 5.21. The normalized spacial score (nSPS) is 10.4. The Labute approximate surface area is 114 Å². The lowest BCUT2D eigenvalue weighted by molar-refractivity contribution is 0.0993. The summed E-state index contributed by atoms with van der Waals surface area (Å²) >= 11 is 8.24. The van der Waals surface area contributed by atoms with Gasteiger partial charge in [-0.05, 0) is 18.2 Å². The Morgan fingerprint density at radius 3 is 2.81 bits per heavy atom. The molecule has 2 nitrogen and oxygen atoms in total. The zero-order chi connectivity index (χ0) is 11.5. The van der Waals surface area contributed by atoms with E-state index in [0.29, 0.717) is 12.0 Å². The number of rotatable bonds is 3. The summed E-state index contributed by atoms with van der Waals surface area (Å²) in [5.41, 5.74) is 2.44. The van der Waals surface area contributed by atoms with Gasteiger partial charge in [-0.25, -0.2) is 0 Å². The van der Waals surface area contributed by atoms with Crippen LogP contribution in [-0.2, 0) is 6.42 Å². The fourth-order valence-corrected chi connectivity index (χ4v) is 3.16. The molecule has 16 heavy (non-hydrogen) atoms. The van der Waals surface area contributed by atoms with Crippen LogP contribution in [0.2, 0.25) is 0 Å². The van der Waals surface area contributed by atoms with Gasteiger partial charge in [0, 0.05) is 32.0 Å². The third kappa shape index (κ3) is 2.78. The number of aromatic nitrogens is 1. The second-order valence-electron chi connectivity index (χ2n) is 3.19. The summed E-state index contributed by atoms with van der Waals surface area (Å²) in [6, 6.07) is 5.56. The Bertz CT molecular complexity index is 511. The topological polar surface area (TPSA) is 30.0 Å². The highest BCUT2D eigenvalue weighted by Crippen LogP contribution is 2.23. The maximum absolute atomic E-state index is 12.0. The molecule has 0 aliphatic heterocycles. The molecule has 0 amide bonds. The number of carbonyl (C=O) groups excluding carboxylic acids is 1. The van der Waals surface area contributed by atoms with Crippen molar-refractivity contribution in [1.29, 1.82) is 0 Å². The van der Waals surface area contributed by atoms with E-state index in [1.807, 2.05) is 18.2 Å². The van der Waals surface area contributed by atoms with Crippen LogP contribution in [0.1, 0.15) is 15.2 Å². The van der Waals surface area contributed by atoms with E-state index in [1.54, 1.807) is 11.7 Å². The summed E-state index contributed by atoms with van der Waals surface area (Å²) in [6.07, 6.45) is 2.14. The van der Waals surface area contributed by atoms with Gasteiger partial charge in [0.05, 0.1) is 5.51 Å². The van der Waals surface area contributed by atoms with E-state index in [4.69, 9.17) is 0 Å². The first kappa shape index (κ1) is 12.0. The molecular weight excluding hydrogens is 354 g/mol. The van der Waals surface area contributed by atoms with Crippen LogP contribution in [0.25, 0.3) is 0 Å². The van der Waals surface area contributed by atoms with Crippen molar-refractivity contribution in [1.82, 2.24) is 4.98 Å². The average molecular weight is 361 g/mol. The number of nitrogens with zero attached hydrogens (tertiary/aromatic N) is 1. The van der Waals surface area contributed by atoms with E-state index in [9.17, 15) is 4.79 Å². The molecule has 0 radical (unpaired) electrons. The molecule has 0 fully saturated rings. The molecule has 1 aromatic heterocycles. The summed E-state index contributed by atoms with van der Waals surface area (Å²) in [6.45, 7) is 0. The number of thiazole rings is 1.